The summed E-state index contributed by atoms with van der Waals surface area (Å²) in [6, 6.07) is 17.2. The monoisotopic (exact) mass is 280 g/mol. The number of para-hydroxylation sites is 1. The third-order valence-electron chi connectivity index (χ3n) is 3.66. The number of benzene rings is 2. The maximum absolute atomic E-state index is 12.3. The van der Waals surface area contributed by atoms with Crippen molar-refractivity contribution in [2.75, 3.05) is 12.4 Å². The first-order valence-corrected chi connectivity index (χ1v) is 6.81. The largest absolute Gasteiger partial charge is 0.468 e. The molecule has 0 saturated heterocycles. The summed E-state index contributed by atoms with van der Waals surface area (Å²) in [5.74, 6) is -0.726. The number of nitrogens with one attached hydrogen (secondary N) is 1. The van der Waals surface area contributed by atoms with Crippen LogP contribution in [0.5, 0.6) is 0 Å². The van der Waals surface area contributed by atoms with Crippen molar-refractivity contribution in [1.82, 2.24) is 0 Å². The molecule has 0 aromatic heterocycles. The Morgan fingerprint density at radius 1 is 1.14 bits per heavy atom. The van der Waals surface area contributed by atoms with E-state index < -0.39 is 5.92 Å². The number of nitrogens with zero attached hydrogens (tertiary/aromatic N) is 1. The number of hydrogen-bond acceptors (Lipinski definition) is 4. The van der Waals surface area contributed by atoms with E-state index in [1.165, 1.54) is 7.11 Å². The highest BCUT2D eigenvalue weighted by molar-refractivity contribution is 5.85. The number of ether oxygens (including phenoxy) is 1. The number of fused-ring (bicyclic) bond motifs is 1. The van der Waals surface area contributed by atoms with Gasteiger partial charge in [0.1, 0.15) is 5.92 Å². The first-order valence-electron chi connectivity index (χ1n) is 6.81. The molecule has 0 spiro atoms. The van der Waals surface area contributed by atoms with E-state index >= 15 is 0 Å². The second-order valence-corrected chi connectivity index (χ2v) is 4.87. The fourth-order valence-corrected chi connectivity index (χ4v) is 2.65. The van der Waals surface area contributed by atoms with E-state index in [9.17, 15) is 4.79 Å². The van der Waals surface area contributed by atoms with Crippen molar-refractivity contribution in [1.29, 1.82) is 0 Å². The minimum absolute atomic E-state index is 0.278. The molecule has 21 heavy (non-hydrogen) atoms. The number of methoxy groups -OCH3 is 1. The second-order valence-electron chi connectivity index (χ2n) is 4.87. The van der Waals surface area contributed by atoms with Gasteiger partial charge in [0.05, 0.1) is 19.5 Å². The Balaban J connectivity index is 2.07. The molecule has 0 fully saturated rings. The molecule has 4 nitrogen and oxygen atoms in total. The highest BCUT2D eigenvalue weighted by atomic mass is 16.5. The van der Waals surface area contributed by atoms with Gasteiger partial charge >= 0.3 is 5.97 Å². The molecular formula is C17H16N2O2. The normalized spacial score (nSPS) is 17.5. The summed E-state index contributed by atoms with van der Waals surface area (Å²) in [5.41, 5.74) is 2.88. The van der Waals surface area contributed by atoms with Crippen molar-refractivity contribution in [2.24, 2.45) is 4.99 Å². The Hall–Kier alpha value is -2.62. The number of carbonyl (C=O) groups is 1. The van der Waals surface area contributed by atoms with Crippen molar-refractivity contribution in [3.63, 3.8) is 0 Å². The molecule has 106 valence electrons. The molecule has 1 heterocycles. The van der Waals surface area contributed by atoms with Crippen LogP contribution >= 0.6 is 0 Å². The standard InChI is InChI=1S/C17H16N2O2/c1-21-17(20)15(12-7-3-2-4-8-12)16-13-9-5-6-10-14(13)18-11-19-16/h2-11,15-16H,1H3,(H,18,19). The van der Waals surface area contributed by atoms with E-state index in [0.29, 0.717) is 0 Å². The number of hydrogen-bond donors (Lipinski definition) is 1. The number of esters is 1. The predicted molar refractivity (Wildman–Crippen MR) is 82.5 cm³/mol. The number of rotatable bonds is 3. The zero-order valence-electron chi connectivity index (χ0n) is 11.7. The van der Waals surface area contributed by atoms with Gasteiger partial charge in [-0.2, -0.15) is 0 Å². The van der Waals surface area contributed by atoms with E-state index in [0.717, 1.165) is 16.8 Å². The second kappa shape index (κ2) is 5.79. The Morgan fingerprint density at radius 2 is 1.86 bits per heavy atom. The number of carbonyl (C=O) groups excluding carboxylic acids is 1. The van der Waals surface area contributed by atoms with Crippen molar-refractivity contribution in [2.45, 2.75) is 12.0 Å². The molecule has 2 unspecified atom stereocenters. The summed E-state index contributed by atoms with van der Waals surface area (Å²) in [6.45, 7) is 0. The maximum atomic E-state index is 12.3. The van der Waals surface area contributed by atoms with Gasteiger partial charge in [-0.25, -0.2) is 0 Å². The van der Waals surface area contributed by atoms with Crippen LogP contribution in [0.15, 0.2) is 59.6 Å². The van der Waals surface area contributed by atoms with Gasteiger partial charge in [-0.1, -0.05) is 48.5 Å². The van der Waals surface area contributed by atoms with Crippen molar-refractivity contribution in [3.8, 4) is 0 Å². The lowest BCUT2D eigenvalue weighted by molar-refractivity contribution is -0.143. The van der Waals surface area contributed by atoms with Gasteiger partial charge in [0.2, 0.25) is 0 Å². The molecule has 0 bridgehead atoms. The summed E-state index contributed by atoms with van der Waals surface area (Å²) in [6.07, 6.45) is 1.64. The lowest BCUT2D eigenvalue weighted by Crippen LogP contribution is -2.24. The first kappa shape index (κ1) is 13.4. The van der Waals surface area contributed by atoms with Gasteiger partial charge in [0.25, 0.3) is 0 Å². The molecule has 1 N–H and O–H groups in total. The van der Waals surface area contributed by atoms with Crippen LogP contribution in [0.1, 0.15) is 23.1 Å². The molecule has 0 saturated carbocycles. The van der Waals surface area contributed by atoms with Crippen molar-refractivity contribution in [3.05, 3.63) is 65.7 Å². The maximum Gasteiger partial charge on any atom is 0.315 e. The molecule has 2 aromatic carbocycles. The third kappa shape index (κ3) is 2.52. The molecule has 2 aromatic rings. The summed E-state index contributed by atoms with van der Waals surface area (Å²) in [7, 11) is 1.41. The zero-order chi connectivity index (χ0) is 14.7. The van der Waals surface area contributed by atoms with Crippen LogP contribution in [0.3, 0.4) is 0 Å². The van der Waals surface area contributed by atoms with Crippen molar-refractivity contribution >= 4 is 18.0 Å². The molecule has 4 heteroatoms. The minimum atomic E-state index is -0.448. The molecule has 1 aliphatic heterocycles. The first-order chi connectivity index (χ1) is 10.3. The van der Waals surface area contributed by atoms with E-state index in [1.807, 2.05) is 54.6 Å². The highest BCUT2D eigenvalue weighted by Gasteiger charge is 2.34. The van der Waals surface area contributed by atoms with Gasteiger partial charge in [-0.05, 0) is 11.6 Å². The topological polar surface area (TPSA) is 50.7 Å². The summed E-state index contributed by atoms with van der Waals surface area (Å²) in [4.78, 5) is 16.8. The van der Waals surface area contributed by atoms with Crippen molar-refractivity contribution < 1.29 is 9.53 Å². The predicted octanol–water partition coefficient (Wildman–Crippen LogP) is 3.14. The van der Waals surface area contributed by atoms with E-state index in [-0.39, 0.29) is 12.0 Å². The van der Waals surface area contributed by atoms with E-state index in [2.05, 4.69) is 10.3 Å². The average molecular weight is 280 g/mol. The number of aliphatic imine (C=N–C) groups is 1. The SMILES string of the molecule is COC(=O)C(c1ccccc1)C1N=CNc2ccccc21. The lowest BCUT2D eigenvalue weighted by Gasteiger charge is -2.27. The van der Waals surface area contributed by atoms with Crippen LogP contribution in [0.4, 0.5) is 5.69 Å². The van der Waals surface area contributed by atoms with Crippen LogP contribution in [0, 0.1) is 0 Å². The Bertz CT molecular complexity index is 668. The molecule has 0 radical (unpaired) electrons. The summed E-state index contributed by atoms with van der Waals surface area (Å²) >= 11 is 0. The van der Waals surface area contributed by atoms with Gasteiger partial charge in [-0.15, -0.1) is 0 Å². The van der Waals surface area contributed by atoms with Crippen LogP contribution in [-0.2, 0) is 9.53 Å². The van der Waals surface area contributed by atoms with Crippen LogP contribution in [0.2, 0.25) is 0 Å². The van der Waals surface area contributed by atoms with Gasteiger partial charge in [0.15, 0.2) is 0 Å². The summed E-state index contributed by atoms with van der Waals surface area (Å²) in [5, 5.41) is 3.11. The van der Waals surface area contributed by atoms with E-state index in [4.69, 9.17) is 4.74 Å². The minimum Gasteiger partial charge on any atom is -0.468 e. The molecule has 0 aliphatic carbocycles. The molecule has 2 atom stereocenters. The average Bonchev–Trinajstić information content (AvgIpc) is 2.56. The fraction of sp³-hybridized carbons (Fsp3) is 0.176. The molecule has 3 rings (SSSR count). The fourth-order valence-electron chi connectivity index (χ4n) is 2.65. The third-order valence-corrected chi connectivity index (χ3v) is 3.66. The molecule has 1 aliphatic rings. The van der Waals surface area contributed by atoms with Gasteiger partial charge < -0.3 is 10.1 Å². The van der Waals surface area contributed by atoms with Crippen LogP contribution in [0.25, 0.3) is 0 Å². The Kier molecular flexibility index (Phi) is 3.69. The molecular weight excluding hydrogens is 264 g/mol. The smallest absolute Gasteiger partial charge is 0.315 e. The van der Waals surface area contributed by atoms with Gasteiger partial charge in [-0.3, -0.25) is 9.79 Å². The zero-order valence-corrected chi connectivity index (χ0v) is 11.7. The van der Waals surface area contributed by atoms with Gasteiger partial charge in [0, 0.05) is 11.3 Å². The Labute approximate surface area is 123 Å². The number of anilines is 1. The van der Waals surface area contributed by atoms with Crippen LogP contribution < -0.4 is 5.32 Å². The quantitative estimate of drug-likeness (QED) is 0.879. The highest BCUT2D eigenvalue weighted by Crippen LogP contribution is 2.39. The Morgan fingerprint density at radius 3 is 2.62 bits per heavy atom. The summed E-state index contributed by atoms with van der Waals surface area (Å²) < 4.78 is 5.00. The van der Waals surface area contributed by atoms with E-state index in [1.54, 1.807) is 6.34 Å². The molecule has 0 amide bonds. The lowest BCUT2D eigenvalue weighted by atomic mass is 9.86. The van der Waals surface area contributed by atoms with Crippen LogP contribution in [-0.4, -0.2) is 19.4 Å².